The average Bonchev–Trinajstić information content (AvgIpc) is 4.01. The van der Waals surface area contributed by atoms with Gasteiger partial charge in [0.25, 0.3) is 5.91 Å². The lowest BCUT2D eigenvalue weighted by molar-refractivity contribution is -0.143. The molecular weight excluding hydrogens is 745 g/mol. The minimum Gasteiger partial charge on any atom is -0.450 e. The van der Waals surface area contributed by atoms with Gasteiger partial charge in [0.1, 0.15) is 23.2 Å². The van der Waals surface area contributed by atoms with Gasteiger partial charge in [-0.1, -0.05) is 82.6 Å². The van der Waals surface area contributed by atoms with Crippen molar-refractivity contribution in [1.82, 2.24) is 20.3 Å². The Morgan fingerprint density at radius 1 is 0.982 bits per heavy atom. The van der Waals surface area contributed by atoms with E-state index in [1.54, 1.807) is 7.11 Å². The number of fused-ring (bicyclic) bond motifs is 12. The van der Waals surface area contributed by atoms with Crippen LogP contribution in [0.4, 0.5) is 4.79 Å². The number of rotatable bonds is 7. The second kappa shape index (κ2) is 15.0. The third-order valence-corrected chi connectivity index (χ3v) is 14.9. The molecule has 3 heterocycles. The van der Waals surface area contributed by atoms with Crippen LogP contribution in [-0.2, 0) is 45.9 Å². The number of alkyl carbamates (subject to hydrolysis) is 1. The predicted octanol–water partition coefficient (Wildman–Crippen LogP) is 5.89. The Hall–Kier alpha value is -3.97. The molecule has 3 saturated carbocycles. The van der Waals surface area contributed by atoms with Gasteiger partial charge in [0, 0.05) is 13.5 Å². The summed E-state index contributed by atoms with van der Waals surface area (Å²) in [6.45, 7) is 12.1. The molecule has 6 aliphatic rings. The van der Waals surface area contributed by atoms with Crippen molar-refractivity contribution in [2.45, 2.75) is 134 Å². The van der Waals surface area contributed by atoms with E-state index in [-0.39, 0.29) is 36.8 Å². The Kier molecular flexibility index (Phi) is 10.8. The number of sulfonamides is 1. The fourth-order valence-electron chi connectivity index (χ4n) is 9.06. The van der Waals surface area contributed by atoms with Crippen LogP contribution in [0.15, 0.2) is 42.5 Å². The Labute approximate surface area is 337 Å². The van der Waals surface area contributed by atoms with Crippen LogP contribution in [-0.4, -0.2) is 80.3 Å². The summed E-state index contributed by atoms with van der Waals surface area (Å²) in [6.07, 6.45) is 5.88. The molecule has 2 aromatic rings. The lowest BCUT2D eigenvalue weighted by Crippen LogP contribution is -2.60. The van der Waals surface area contributed by atoms with Crippen molar-refractivity contribution in [3.8, 4) is 11.1 Å². The van der Waals surface area contributed by atoms with E-state index in [2.05, 4.69) is 66.5 Å². The molecule has 2 aromatic carbocycles. The molecule has 3 aliphatic carbocycles. The van der Waals surface area contributed by atoms with Gasteiger partial charge in [0.05, 0.1) is 18.4 Å². The Bertz CT molecular complexity index is 2020. The maximum absolute atomic E-state index is 14.9. The molecule has 3 aliphatic heterocycles. The largest absolute Gasteiger partial charge is 0.450 e. The number of hydrogen-bond donors (Lipinski definition) is 3. The molecule has 0 unspecified atom stereocenters. The van der Waals surface area contributed by atoms with Crippen LogP contribution >= 0.6 is 0 Å². The zero-order chi connectivity index (χ0) is 41.1. The molecule has 12 nitrogen and oxygen atoms in total. The SMILES string of the molecule is CO[C@@]12C[C@@H](C(=O)N[C@]3(C(=O)NS(=O)(=O)C4CC4)C[C@H]3C3CC3)N(C1)C(=O)[C@H](C(C)(C)C)NC(=O)OCCC(C)(C)CCCc1cc(C)ccc1-c1ccc2cc1. The second-order valence-electron chi connectivity index (χ2n) is 19.3. The van der Waals surface area contributed by atoms with Gasteiger partial charge < -0.3 is 25.0 Å². The molecule has 5 atom stereocenters. The molecule has 310 valence electrons. The summed E-state index contributed by atoms with van der Waals surface area (Å²) in [5, 5.41) is 5.23. The van der Waals surface area contributed by atoms with Crippen molar-refractivity contribution in [2.75, 3.05) is 20.3 Å². The van der Waals surface area contributed by atoms with Gasteiger partial charge in [-0.3, -0.25) is 19.1 Å². The van der Waals surface area contributed by atoms with Crippen molar-refractivity contribution in [2.24, 2.45) is 22.7 Å². The molecule has 3 N–H and O–H groups in total. The first-order chi connectivity index (χ1) is 26.8. The highest BCUT2D eigenvalue weighted by atomic mass is 32.2. The quantitative estimate of drug-likeness (QED) is 0.313. The summed E-state index contributed by atoms with van der Waals surface area (Å²) < 4.78 is 40.1. The number of aryl methyl sites for hydroxylation is 2. The minimum atomic E-state index is -3.86. The fourth-order valence-corrected chi connectivity index (χ4v) is 10.4. The topological polar surface area (TPSA) is 160 Å². The Morgan fingerprint density at radius 2 is 1.68 bits per heavy atom. The lowest BCUT2D eigenvalue weighted by atomic mass is 9.83. The molecule has 4 fully saturated rings. The Balaban J connectivity index is 1.26. The lowest BCUT2D eigenvalue weighted by Gasteiger charge is -2.36. The number of amides is 4. The van der Waals surface area contributed by atoms with Crippen molar-refractivity contribution in [1.29, 1.82) is 0 Å². The van der Waals surface area contributed by atoms with E-state index in [0.717, 1.165) is 48.8 Å². The standard InChI is InChI=1S/C44H60N4O8S/c1-27-10-19-33-28-13-15-31(16-14-28)43(55-7)25-35(37(49)46-44(24-34(44)29-11-12-29)39(51)47-57(53,54)32-17-18-32)48(26-43)38(50)36(41(2,3)4)45-40(52)56-22-21-42(5,6)20-8-9-30(33)23-27/h10,13-16,19,23,29,32,34-36H,8-9,11-12,17-18,20-22,24-26H2,1-7H3,(H,45,52)(H,46,49)(H,47,51)/t34-,35-,36+,43-,44+/m0/s1. The Morgan fingerprint density at radius 3 is 2.32 bits per heavy atom. The first-order valence-electron chi connectivity index (χ1n) is 20.6. The van der Waals surface area contributed by atoms with Gasteiger partial charge in [0.15, 0.2) is 0 Å². The van der Waals surface area contributed by atoms with Crippen LogP contribution < -0.4 is 15.4 Å². The number of carbonyl (C=O) groups is 4. The molecule has 0 radical (unpaired) electrons. The van der Waals surface area contributed by atoms with E-state index >= 15 is 0 Å². The normalized spacial score (nSPS) is 29.5. The third kappa shape index (κ3) is 8.60. The summed E-state index contributed by atoms with van der Waals surface area (Å²) in [5.74, 6) is -1.77. The van der Waals surface area contributed by atoms with E-state index in [1.165, 1.54) is 16.0 Å². The van der Waals surface area contributed by atoms with Crippen molar-refractivity contribution in [3.05, 3.63) is 59.2 Å². The highest BCUT2D eigenvalue weighted by Crippen LogP contribution is 2.57. The molecule has 4 bridgehead atoms. The van der Waals surface area contributed by atoms with Gasteiger partial charge in [-0.25, -0.2) is 13.2 Å². The van der Waals surface area contributed by atoms with Crippen LogP contribution in [0.5, 0.6) is 0 Å². The van der Waals surface area contributed by atoms with E-state index in [0.29, 0.717) is 25.7 Å². The van der Waals surface area contributed by atoms with Crippen LogP contribution in [0.2, 0.25) is 0 Å². The number of nitrogens with zero attached hydrogens (tertiary/aromatic N) is 1. The molecule has 1 saturated heterocycles. The average molecular weight is 805 g/mol. The number of carbonyl (C=O) groups excluding carboxylic acids is 4. The number of ether oxygens (including phenoxy) is 2. The van der Waals surface area contributed by atoms with Gasteiger partial charge in [-0.05, 0) is 110 Å². The number of methoxy groups -OCH3 is 1. The van der Waals surface area contributed by atoms with Crippen LogP contribution in [0.1, 0.15) is 109 Å². The summed E-state index contributed by atoms with van der Waals surface area (Å²) in [7, 11) is -2.30. The molecule has 4 amide bonds. The summed E-state index contributed by atoms with van der Waals surface area (Å²) in [4.78, 5) is 58.3. The fraction of sp³-hybridized carbons (Fsp3) is 0.636. The van der Waals surface area contributed by atoms with E-state index < -0.39 is 67.7 Å². The van der Waals surface area contributed by atoms with Crippen LogP contribution in [0.25, 0.3) is 11.1 Å². The van der Waals surface area contributed by atoms with Crippen LogP contribution in [0, 0.1) is 29.6 Å². The zero-order valence-electron chi connectivity index (χ0n) is 34.5. The van der Waals surface area contributed by atoms with E-state index in [1.807, 2.05) is 32.9 Å². The molecule has 8 rings (SSSR count). The van der Waals surface area contributed by atoms with E-state index in [4.69, 9.17) is 9.47 Å². The van der Waals surface area contributed by atoms with Crippen molar-refractivity contribution >= 4 is 33.8 Å². The first-order valence-corrected chi connectivity index (χ1v) is 22.2. The molecule has 57 heavy (non-hydrogen) atoms. The molecule has 13 heteroatoms. The maximum Gasteiger partial charge on any atom is 0.407 e. The van der Waals surface area contributed by atoms with Crippen molar-refractivity contribution < 1.29 is 37.1 Å². The second-order valence-corrected chi connectivity index (χ2v) is 21.2. The number of hydrogen-bond acceptors (Lipinski definition) is 8. The monoisotopic (exact) mass is 804 g/mol. The summed E-state index contributed by atoms with van der Waals surface area (Å²) in [5.41, 5.74) is 2.00. The highest BCUT2D eigenvalue weighted by molar-refractivity contribution is 7.91. The van der Waals surface area contributed by atoms with Gasteiger partial charge in [-0.15, -0.1) is 0 Å². The molecular formula is C44H60N4O8S. The van der Waals surface area contributed by atoms with Crippen molar-refractivity contribution in [3.63, 3.8) is 0 Å². The first kappa shape index (κ1) is 41.2. The summed E-state index contributed by atoms with van der Waals surface area (Å²) in [6, 6.07) is 12.4. The summed E-state index contributed by atoms with van der Waals surface area (Å²) >= 11 is 0. The van der Waals surface area contributed by atoms with E-state index in [9.17, 15) is 27.6 Å². The molecule has 0 spiro atoms. The smallest absolute Gasteiger partial charge is 0.407 e. The maximum atomic E-state index is 14.9. The third-order valence-electron chi connectivity index (χ3n) is 13.1. The zero-order valence-corrected chi connectivity index (χ0v) is 35.4. The number of benzene rings is 2. The van der Waals surface area contributed by atoms with Gasteiger partial charge in [0.2, 0.25) is 21.8 Å². The van der Waals surface area contributed by atoms with Gasteiger partial charge in [-0.2, -0.15) is 0 Å². The minimum absolute atomic E-state index is 0.00560. The predicted molar refractivity (Wildman–Crippen MR) is 216 cm³/mol. The molecule has 0 aromatic heterocycles. The van der Waals surface area contributed by atoms with Gasteiger partial charge >= 0.3 is 6.09 Å². The highest BCUT2D eigenvalue weighted by Gasteiger charge is 2.67. The number of nitrogens with one attached hydrogen (secondary N) is 3. The van der Waals surface area contributed by atoms with Crippen LogP contribution in [0.3, 0.4) is 0 Å².